The van der Waals surface area contributed by atoms with Gasteiger partial charge in [-0.1, -0.05) is 0 Å². The second-order valence-electron chi connectivity index (χ2n) is 7.38. The smallest absolute Gasteiger partial charge is 0.138 e. The lowest BCUT2D eigenvalue weighted by Gasteiger charge is -2.23. The van der Waals surface area contributed by atoms with Crippen LogP contribution in [0, 0.1) is 0 Å². The summed E-state index contributed by atoms with van der Waals surface area (Å²) in [6.45, 7) is 2.41. The summed E-state index contributed by atoms with van der Waals surface area (Å²) < 4.78 is 0. The third kappa shape index (κ3) is 3.28. The summed E-state index contributed by atoms with van der Waals surface area (Å²) in [4.78, 5) is 12.4. The van der Waals surface area contributed by atoms with Crippen molar-refractivity contribution in [2.45, 2.75) is 57.0 Å². The lowest BCUT2D eigenvalue weighted by molar-refractivity contribution is 0.0996. The Morgan fingerprint density at radius 2 is 2.08 bits per heavy atom. The van der Waals surface area contributed by atoms with Crippen LogP contribution in [0.4, 0.5) is 5.82 Å². The molecule has 1 atom stereocenters. The summed E-state index contributed by atoms with van der Waals surface area (Å²) >= 11 is 3.53. The molecule has 130 valence electrons. The van der Waals surface area contributed by atoms with Crippen molar-refractivity contribution in [2.24, 2.45) is 0 Å². The first-order valence-corrected chi connectivity index (χ1v) is 11.1. The number of thioether (sulfide) groups is 1. The molecule has 4 nitrogen and oxygen atoms in total. The minimum Gasteiger partial charge on any atom is -0.387 e. The van der Waals surface area contributed by atoms with Crippen molar-refractivity contribution in [3.8, 4) is 0 Å². The summed E-state index contributed by atoms with van der Waals surface area (Å²) in [5, 5.41) is 15.2. The highest BCUT2D eigenvalue weighted by Gasteiger charge is 2.30. The highest BCUT2D eigenvalue weighted by Crippen LogP contribution is 2.43. The van der Waals surface area contributed by atoms with Crippen LogP contribution in [0.3, 0.4) is 0 Å². The molecule has 2 N–H and O–H groups in total. The van der Waals surface area contributed by atoms with Gasteiger partial charge in [-0.25, -0.2) is 9.97 Å². The predicted octanol–water partition coefficient (Wildman–Crippen LogP) is 3.97. The number of aryl methyl sites for hydroxylation is 2. The van der Waals surface area contributed by atoms with Crippen molar-refractivity contribution in [2.75, 3.05) is 23.9 Å². The third-order valence-corrected chi connectivity index (χ3v) is 6.96. The van der Waals surface area contributed by atoms with E-state index >= 15 is 0 Å². The Kier molecular flexibility index (Phi) is 4.47. The minimum atomic E-state index is -0.730. The maximum absolute atomic E-state index is 10.5. The third-order valence-electron chi connectivity index (χ3n) is 4.87. The summed E-state index contributed by atoms with van der Waals surface area (Å²) in [5.74, 6) is 3.20. The van der Waals surface area contributed by atoms with Crippen molar-refractivity contribution in [1.82, 2.24) is 9.97 Å². The van der Waals surface area contributed by atoms with Crippen molar-refractivity contribution in [3.63, 3.8) is 0 Å². The lowest BCUT2D eigenvalue weighted by Crippen LogP contribution is -2.36. The van der Waals surface area contributed by atoms with Gasteiger partial charge in [0.1, 0.15) is 16.5 Å². The number of nitrogens with one attached hydrogen (secondary N) is 1. The fourth-order valence-electron chi connectivity index (χ4n) is 3.46. The average Bonchev–Trinajstić information content (AvgIpc) is 3.33. The Labute approximate surface area is 151 Å². The highest BCUT2D eigenvalue weighted by atomic mass is 32.2. The summed E-state index contributed by atoms with van der Waals surface area (Å²) in [6, 6.07) is 0. The van der Waals surface area contributed by atoms with Gasteiger partial charge in [0.15, 0.2) is 0 Å². The molecular formula is C18H25N3OS2. The molecular weight excluding hydrogens is 338 g/mol. The Bertz CT molecular complexity index is 752. The molecule has 0 amide bonds. The van der Waals surface area contributed by atoms with Crippen molar-refractivity contribution >= 4 is 39.1 Å². The molecule has 6 heteroatoms. The standard InChI is InChI=1S/C18H25N3OS2/c1-18(22,10-23-2)9-19-16-14-12-5-3-4-6-13(12)24-17(14)21-15(20-16)11-7-8-11/h11,22H,3-10H2,1-2H3,(H,19,20,21). The number of thiophene rings is 1. The Hall–Kier alpha value is -0.850. The van der Waals surface area contributed by atoms with Gasteiger partial charge in [-0.2, -0.15) is 11.8 Å². The molecule has 2 aliphatic carbocycles. The zero-order valence-corrected chi connectivity index (χ0v) is 16.0. The van der Waals surface area contributed by atoms with Crippen LogP contribution in [-0.4, -0.2) is 39.2 Å². The van der Waals surface area contributed by atoms with E-state index in [0.717, 1.165) is 22.9 Å². The molecule has 0 aliphatic heterocycles. The first-order valence-electron chi connectivity index (χ1n) is 8.85. The number of anilines is 1. The largest absolute Gasteiger partial charge is 0.387 e. The molecule has 1 fully saturated rings. The molecule has 0 bridgehead atoms. The molecule has 2 aromatic heterocycles. The second kappa shape index (κ2) is 6.46. The van der Waals surface area contributed by atoms with Gasteiger partial charge in [-0.15, -0.1) is 11.3 Å². The van der Waals surface area contributed by atoms with Gasteiger partial charge < -0.3 is 10.4 Å². The van der Waals surface area contributed by atoms with Gasteiger partial charge in [0.05, 0.1) is 11.0 Å². The molecule has 0 aromatic carbocycles. The van der Waals surface area contributed by atoms with Crippen LogP contribution in [0.25, 0.3) is 10.2 Å². The van der Waals surface area contributed by atoms with Gasteiger partial charge >= 0.3 is 0 Å². The van der Waals surface area contributed by atoms with Crippen molar-refractivity contribution in [3.05, 3.63) is 16.3 Å². The van der Waals surface area contributed by atoms with Gasteiger partial charge in [0.2, 0.25) is 0 Å². The maximum Gasteiger partial charge on any atom is 0.138 e. The summed E-state index contributed by atoms with van der Waals surface area (Å²) in [7, 11) is 0. The second-order valence-corrected chi connectivity index (χ2v) is 9.33. The van der Waals surface area contributed by atoms with E-state index in [0.29, 0.717) is 18.2 Å². The molecule has 0 saturated heterocycles. The van der Waals surface area contributed by atoms with Crippen LogP contribution in [0.15, 0.2) is 0 Å². The van der Waals surface area contributed by atoms with E-state index in [9.17, 15) is 5.11 Å². The Morgan fingerprint density at radius 1 is 1.29 bits per heavy atom. The predicted molar refractivity (Wildman–Crippen MR) is 104 cm³/mol. The van der Waals surface area contributed by atoms with E-state index in [2.05, 4.69) is 5.32 Å². The topological polar surface area (TPSA) is 58.0 Å². The van der Waals surface area contributed by atoms with Gasteiger partial charge in [-0.3, -0.25) is 0 Å². The van der Waals surface area contributed by atoms with Crippen LogP contribution in [-0.2, 0) is 12.8 Å². The molecule has 1 unspecified atom stereocenters. The summed E-state index contributed by atoms with van der Waals surface area (Å²) in [5.41, 5.74) is 0.725. The molecule has 2 aromatic rings. The van der Waals surface area contributed by atoms with E-state index in [4.69, 9.17) is 9.97 Å². The van der Waals surface area contributed by atoms with Gasteiger partial charge in [0, 0.05) is 23.1 Å². The summed E-state index contributed by atoms with van der Waals surface area (Å²) in [6.07, 6.45) is 9.30. The number of nitrogens with zero attached hydrogens (tertiary/aromatic N) is 2. The van der Waals surface area contributed by atoms with E-state index in [1.807, 2.05) is 24.5 Å². The quantitative estimate of drug-likeness (QED) is 0.813. The Morgan fingerprint density at radius 3 is 2.83 bits per heavy atom. The minimum absolute atomic E-state index is 0.522. The zero-order valence-electron chi connectivity index (χ0n) is 14.4. The first kappa shape index (κ1) is 16.6. The number of aromatic nitrogens is 2. The molecule has 2 heterocycles. The van der Waals surface area contributed by atoms with E-state index in [-0.39, 0.29) is 0 Å². The zero-order chi connectivity index (χ0) is 16.7. The van der Waals surface area contributed by atoms with Crippen molar-refractivity contribution in [1.29, 1.82) is 0 Å². The maximum atomic E-state index is 10.5. The fourth-order valence-corrected chi connectivity index (χ4v) is 5.45. The molecule has 24 heavy (non-hydrogen) atoms. The first-order chi connectivity index (χ1) is 11.6. The van der Waals surface area contributed by atoms with Crippen LogP contribution >= 0.6 is 23.1 Å². The monoisotopic (exact) mass is 363 g/mol. The highest BCUT2D eigenvalue weighted by molar-refractivity contribution is 7.98. The molecule has 0 spiro atoms. The molecule has 4 rings (SSSR count). The number of aliphatic hydroxyl groups is 1. The van der Waals surface area contributed by atoms with Crippen molar-refractivity contribution < 1.29 is 5.11 Å². The van der Waals surface area contributed by atoms with Gasteiger partial charge in [-0.05, 0) is 57.3 Å². The lowest BCUT2D eigenvalue weighted by atomic mass is 9.97. The van der Waals surface area contributed by atoms with Crippen LogP contribution in [0.2, 0.25) is 0 Å². The number of hydrogen-bond donors (Lipinski definition) is 2. The number of fused-ring (bicyclic) bond motifs is 3. The van der Waals surface area contributed by atoms with E-state index < -0.39 is 5.60 Å². The average molecular weight is 364 g/mol. The van der Waals surface area contributed by atoms with Crippen LogP contribution < -0.4 is 5.32 Å². The van der Waals surface area contributed by atoms with Crippen LogP contribution in [0.1, 0.15) is 54.8 Å². The number of hydrogen-bond acceptors (Lipinski definition) is 6. The Balaban J connectivity index is 1.72. The SMILES string of the molecule is CSCC(C)(O)CNc1nc(C2CC2)nc2sc3c(c12)CCCC3. The fraction of sp³-hybridized carbons (Fsp3) is 0.667. The number of rotatable bonds is 6. The molecule has 2 aliphatic rings. The normalized spacial score (nSPS) is 20.0. The van der Waals surface area contributed by atoms with E-state index in [1.54, 1.807) is 11.8 Å². The van der Waals surface area contributed by atoms with E-state index in [1.165, 1.54) is 47.9 Å². The van der Waals surface area contributed by atoms with Gasteiger partial charge in [0.25, 0.3) is 0 Å². The molecule has 0 radical (unpaired) electrons. The van der Waals surface area contributed by atoms with Crippen LogP contribution in [0.5, 0.6) is 0 Å². The molecule has 1 saturated carbocycles.